The number of halogens is 2. The molecule has 2 aromatic carbocycles. The number of benzene rings is 2. The second-order valence-corrected chi connectivity index (χ2v) is 5.91. The van der Waals surface area contributed by atoms with Crippen LogP contribution in [0.3, 0.4) is 0 Å². The number of nitrogens with zero attached hydrogens (tertiary/aromatic N) is 1. The first-order valence-electron chi connectivity index (χ1n) is 7.40. The van der Waals surface area contributed by atoms with Crippen molar-refractivity contribution < 1.29 is 14.0 Å². The van der Waals surface area contributed by atoms with Crippen molar-refractivity contribution in [2.75, 3.05) is 12.4 Å². The zero-order valence-electron chi connectivity index (χ0n) is 13.5. The quantitative estimate of drug-likeness (QED) is 0.896. The van der Waals surface area contributed by atoms with Gasteiger partial charge < -0.3 is 10.2 Å². The van der Waals surface area contributed by atoms with Crippen molar-refractivity contribution in [3.8, 4) is 0 Å². The average molecular weight is 349 g/mol. The topological polar surface area (TPSA) is 49.4 Å². The highest BCUT2D eigenvalue weighted by Gasteiger charge is 2.14. The molecule has 0 aliphatic heterocycles. The predicted molar refractivity (Wildman–Crippen MR) is 92.3 cm³/mol. The highest BCUT2D eigenvalue weighted by Crippen LogP contribution is 2.20. The van der Waals surface area contributed by atoms with Gasteiger partial charge in [0.15, 0.2) is 0 Å². The van der Waals surface area contributed by atoms with Crippen LogP contribution in [0.2, 0.25) is 5.02 Å². The number of carbonyl (C=O) groups is 2. The highest BCUT2D eigenvalue weighted by atomic mass is 35.5. The molecule has 0 atom stereocenters. The zero-order chi connectivity index (χ0) is 17.7. The van der Waals surface area contributed by atoms with Crippen molar-refractivity contribution in [3.63, 3.8) is 0 Å². The first-order chi connectivity index (χ1) is 11.4. The number of carbonyl (C=O) groups excluding carboxylic acids is 2. The van der Waals surface area contributed by atoms with E-state index in [-0.39, 0.29) is 24.8 Å². The van der Waals surface area contributed by atoms with Crippen molar-refractivity contribution >= 4 is 29.1 Å². The molecule has 0 aliphatic carbocycles. The molecule has 0 aromatic heterocycles. The number of likely N-dealkylation sites (N-methyl/N-ethyl adjacent to an activating group) is 1. The van der Waals surface area contributed by atoms with Crippen LogP contribution in [0.25, 0.3) is 0 Å². The summed E-state index contributed by atoms with van der Waals surface area (Å²) in [6.07, 6.45) is 0.183. The van der Waals surface area contributed by atoms with E-state index >= 15 is 0 Å². The van der Waals surface area contributed by atoms with Gasteiger partial charge in [-0.25, -0.2) is 4.39 Å². The summed E-state index contributed by atoms with van der Waals surface area (Å²) >= 11 is 5.98. The number of anilines is 1. The van der Waals surface area contributed by atoms with Gasteiger partial charge in [0, 0.05) is 36.8 Å². The van der Waals surface area contributed by atoms with E-state index in [9.17, 15) is 14.0 Å². The van der Waals surface area contributed by atoms with Gasteiger partial charge in [-0.3, -0.25) is 9.59 Å². The van der Waals surface area contributed by atoms with Crippen molar-refractivity contribution in [3.05, 3.63) is 64.4 Å². The number of rotatable bonds is 5. The molecule has 126 valence electrons. The minimum Gasteiger partial charge on any atom is -0.341 e. The van der Waals surface area contributed by atoms with Gasteiger partial charge in [0.2, 0.25) is 11.8 Å². The largest absolute Gasteiger partial charge is 0.341 e. The second-order valence-electron chi connectivity index (χ2n) is 5.50. The maximum atomic E-state index is 13.8. The number of amides is 2. The van der Waals surface area contributed by atoms with Crippen molar-refractivity contribution in [1.82, 2.24) is 4.90 Å². The Balaban J connectivity index is 2.00. The molecule has 0 spiro atoms. The smallest absolute Gasteiger partial charge is 0.227 e. The van der Waals surface area contributed by atoms with Crippen LogP contribution in [0, 0.1) is 5.82 Å². The van der Waals surface area contributed by atoms with Crippen LogP contribution in [0.5, 0.6) is 0 Å². The molecule has 0 aliphatic rings. The third-order valence-corrected chi connectivity index (χ3v) is 3.87. The van der Waals surface area contributed by atoms with E-state index in [1.165, 1.54) is 24.0 Å². The van der Waals surface area contributed by atoms with Gasteiger partial charge >= 0.3 is 0 Å². The fourth-order valence-electron chi connectivity index (χ4n) is 2.23. The van der Waals surface area contributed by atoms with Gasteiger partial charge in [-0.2, -0.15) is 0 Å². The monoisotopic (exact) mass is 348 g/mol. The normalized spacial score (nSPS) is 10.3. The Hall–Kier alpha value is -2.40. The maximum absolute atomic E-state index is 13.8. The summed E-state index contributed by atoms with van der Waals surface area (Å²) < 4.78 is 13.8. The van der Waals surface area contributed by atoms with Crippen LogP contribution in [-0.4, -0.2) is 23.8 Å². The van der Waals surface area contributed by atoms with Crippen LogP contribution in [0.4, 0.5) is 10.1 Å². The van der Waals surface area contributed by atoms with Gasteiger partial charge in [0.25, 0.3) is 0 Å². The van der Waals surface area contributed by atoms with E-state index in [0.29, 0.717) is 16.3 Å². The minimum atomic E-state index is -0.429. The van der Waals surface area contributed by atoms with Gasteiger partial charge in [-0.1, -0.05) is 29.8 Å². The van der Waals surface area contributed by atoms with E-state index in [4.69, 9.17) is 11.6 Å². The Bertz CT molecular complexity index is 727. The van der Waals surface area contributed by atoms with Crippen molar-refractivity contribution in [1.29, 1.82) is 0 Å². The summed E-state index contributed by atoms with van der Waals surface area (Å²) in [4.78, 5) is 24.7. The van der Waals surface area contributed by atoms with Gasteiger partial charge in [0.1, 0.15) is 5.82 Å². The molecule has 0 fully saturated rings. The lowest BCUT2D eigenvalue weighted by Gasteiger charge is -2.18. The number of hydrogen-bond acceptors (Lipinski definition) is 2. The van der Waals surface area contributed by atoms with E-state index < -0.39 is 5.82 Å². The SMILES string of the molecule is CC(=O)Nc1ccc(CC(=O)N(C)Cc2c(F)cccc2Cl)cc1. The molecule has 0 bridgehead atoms. The summed E-state index contributed by atoms with van der Waals surface area (Å²) in [7, 11) is 1.61. The Morgan fingerprint density at radius 1 is 1.17 bits per heavy atom. The molecule has 2 rings (SSSR count). The van der Waals surface area contributed by atoms with Crippen LogP contribution >= 0.6 is 11.6 Å². The molecular weight excluding hydrogens is 331 g/mol. The first kappa shape index (κ1) is 17.9. The fraction of sp³-hybridized carbons (Fsp3) is 0.222. The predicted octanol–water partition coefficient (Wildman–Crippen LogP) is 3.64. The molecule has 0 radical (unpaired) electrons. The molecule has 2 aromatic rings. The first-order valence-corrected chi connectivity index (χ1v) is 7.78. The fourth-order valence-corrected chi connectivity index (χ4v) is 2.45. The minimum absolute atomic E-state index is 0.105. The van der Waals surface area contributed by atoms with Gasteiger partial charge in [0.05, 0.1) is 6.42 Å². The van der Waals surface area contributed by atoms with E-state index in [2.05, 4.69) is 5.32 Å². The van der Waals surface area contributed by atoms with Crippen LogP contribution in [0.15, 0.2) is 42.5 Å². The van der Waals surface area contributed by atoms with E-state index in [1.54, 1.807) is 37.4 Å². The van der Waals surface area contributed by atoms with Gasteiger partial charge in [-0.05, 0) is 29.8 Å². The molecule has 1 N–H and O–H groups in total. The maximum Gasteiger partial charge on any atom is 0.227 e. The highest BCUT2D eigenvalue weighted by molar-refractivity contribution is 6.31. The van der Waals surface area contributed by atoms with Crippen molar-refractivity contribution in [2.24, 2.45) is 0 Å². The Kier molecular flexibility index (Phi) is 5.93. The molecular formula is C18H18ClFN2O2. The molecule has 2 amide bonds. The van der Waals surface area contributed by atoms with E-state index in [0.717, 1.165) is 5.56 Å². The zero-order valence-corrected chi connectivity index (χ0v) is 14.2. The van der Waals surface area contributed by atoms with Gasteiger partial charge in [-0.15, -0.1) is 0 Å². The van der Waals surface area contributed by atoms with Crippen LogP contribution < -0.4 is 5.32 Å². The molecule has 24 heavy (non-hydrogen) atoms. The Labute approximate surface area is 145 Å². The molecule has 4 nitrogen and oxygen atoms in total. The Morgan fingerprint density at radius 2 is 1.83 bits per heavy atom. The van der Waals surface area contributed by atoms with Crippen LogP contribution in [-0.2, 0) is 22.6 Å². The lowest BCUT2D eigenvalue weighted by atomic mass is 10.1. The second kappa shape index (κ2) is 7.93. The third-order valence-electron chi connectivity index (χ3n) is 3.51. The summed E-state index contributed by atoms with van der Waals surface area (Å²) in [5.74, 6) is -0.733. The summed E-state index contributed by atoms with van der Waals surface area (Å²) in [6.45, 7) is 1.54. The summed E-state index contributed by atoms with van der Waals surface area (Å²) in [5, 5.41) is 2.96. The average Bonchev–Trinajstić information content (AvgIpc) is 2.52. The van der Waals surface area contributed by atoms with Crippen LogP contribution in [0.1, 0.15) is 18.1 Å². The summed E-state index contributed by atoms with van der Waals surface area (Å²) in [5.41, 5.74) is 1.78. The Morgan fingerprint density at radius 3 is 2.42 bits per heavy atom. The van der Waals surface area contributed by atoms with Crippen molar-refractivity contribution in [2.45, 2.75) is 19.9 Å². The molecule has 0 heterocycles. The molecule has 0 saturated heterocycles. The number of nitrogens with one attached hydrogen (secondary N) is 1. The third kappa shape index (κ3) is 4.80. The number of hydrogen-bond donors (Lipinski definition) is 1. The molecule has 0 unspecified atom stereocenters. The standard InChI is InChI=1S/C18H18ClFN2O2/c1-12(23)21-14-8-6-13(7-9-14)10-18(24)22(2)11-15-16(19)4-3-5-17(15)20/h3-9H,10-11H2,1-2H3,(H,21,23). The lowest BCUT2D eigenvalue weighted by molar-refractivity contribution is -0.129. The molecule has 6 heteroatoms. The van der Waals surface area contributed by atoms with E-state index in [1.807, 2.05) is 0 Å². The molecule has 0 saturated carbocycles. The summed E-state index contributed by atoms with van der Waals surface area (Å²) in [6, 6.07) is 11.5. The lowest BCUT2D eigenvalue weighted by Crippen LogP contribution is -2.28.